The van der Waals surface area contributed by atoms with Gasteiger partial charge in [-0.1, -0.05) is 29.8 Å². The Kier molecular flexibility index (Phi) is 8.18. The summed E-state index contributed by atoms with van der Waals surface area (Å²) in [6, 6.07) is 0. The lowest BCUT2D eigenvalue weighted by Crippen LogP contribution is -2.38. The van der Waals surface area contributed by atoms with Crippen LogP contribution in [0.25, 0.3) is 0 Å². The van der Waals surface area contributed by atoms with E-state index in [4.69, 9.17) is 4.74 Å². The van der Waals surface area contributed by atoms with Crippen LogP contribution in [0.3, 0.4) is 0 Å². The molecular formula is C10H20BrNO2. The molecule has 14 heavy (non-hydrogen) atoms. The Bertz CT molecular complexity index is 164. The predicted molar refractivity (Wildman–Crippen MR) is 61.7 cm³/mol. The first-order valence-electron chi connectivity index (χ1n) is 5.01. The van der Waals surface area contributed by atoms with Gasteiger partial charge in [0.1, 0.15) is 0 Å². The minimum atomic E-state index is 0.117. The molecule has 0 heterocycles. The number of rotatable bonds is 7. The molecule has 3 nitrogen and oxygen atoms in total. The van der Waals surface area contributed by atoms with Crippen molar-refractivity contribution in [3.63, 3.8) is 0 Å². The van der Waals surface area contributed by atoms with Crippen LogP contribution in [0.2, 0.25) is 0 Å². The number of hydrogen-bond donors (Lipinski definition) is 0. The molecule has 1 atom stereocenters. The molecule has 0 aromatic heterocycles. The Morgan fingerprint density at radius 2 is 2.14 bits per heavy atom. The maximum Gasteiger partial charge on any atom is 0.225 e. The van der Waals surface area contributed by atoms with Gasteiger partial charge < -0.3 is 9.64 Å². The van der Waals surface area contributed by atoms with E-state index < -0.39 is 0 Å². The molecule has 0 bridgehead atoms. The van der Waals surface area contributed by atoms with Crippen molar-refractivity contribution >= 4 is 21.8 Å². The third-order valence-electron chi connectivity index (χ3n) is 2.27. The molecule has 0 fully saturated rings. The highest BCUT2D eigenvalue weighted by molar-refractivity contribution is 9.09. The summed E-state index contributed by atoms with van der Waals surface area (Å²) in [5.74, 6) is 0.343. The van der Waals surface area contributed by atoms with E-state index >= 15 is 0 Å². The fourth-order valence-electron chi connectivity index (χ4n) is 1.12. The lowest BCUT2D eigenvalue weighted by molar-refractivity contribution is -0.135. The highest BCUT2D eigenvalue weighted by Crippen LogP contribution is 2.06. The van der Waals surface area contributed by atoms with E-state index in [0.29, 0.717) is 13.2 Å². The number of halogens is 1. The molecule has 0 aromatic carbocycles. The van der Waals surface area contributed by atoms with Crippen LogP contribution in [-0.2, 0) is 9.53 Å². The topological polar surface area (TPSA) is 29.5 Å². The quantitative estimate of drug-likeness (QED) is 0.659. The second-order valence-electron chi connectivity index (χ2n) is 3.32. The zero-order valence-electron chi connectivity index (χ0n) is 9.25. The predicted octanol–water partition coefficient (Wildman–Crippen LogP) is 1.90. The average Bonchev–Trinajstić information content (AvgIpc) is 2.22. The van der Waals surface area contributed by atoms with Crippen molar-refractivity contribution in [1.29, 1.82) is 0 Å². The van der Waals surface area contributed by atoms with Crippen molar-refractivity contribution in [3.8, 4) is 0 Å². The summed E-state index contributed by atoms with van der Waals surface area (Å²) in [5, 5.41) is 0.818. The molecule has 84 valence electrons. The standard InChI is InChI=1S/C10H20BrNO2/c1-4-9(2)10(13)12(6-5-11)7-8-14-3/h9H,4-8H2,1-3H3. The third kappa shape index (κ3) is 4.96. The van der Waals surface area contributed by atoms with Crippen LogP contribution in [0, 0.1) is 5.92 Å². The molecule has 0 saturated heterocycles. The summed E-state index contributed by atoms with van der Waals surface area (Å²) in [5.41, 5.74) is 0. The van der Waals surface area contributed by atoms with Gasteiger partial charge in [-0.25, -0.2) is 0 Å². The summed E-state index contributed by atoms with van der Waals surface area (Å²) < 4.78 is 4.97. The Morgan fingerprint density at radius 3 is 2.57 bits per heavy atom. The lowest BCUT2D eigenvalue weighted by Gasteiger charge is -2.24. The molecule has 0 radical (unpaired) electrons. The van der Waals surface area contributed by atoms with Gasteiger partial charge >= 0.3 is 0 Å². The van der Waals surface area contributed by atoms with Crippen molar-refractivity contribution in [2.45, 2.75) is 20.3 Å². The normalized spacial score (nSPS) is 12.6. The van der Waals surface area contributed by atoms with Crippen LogP contribution in [-0.4, -0.2) is 42.9 Å². The number of nitrogens with zero attached hydrogens (tertiary/aromatic N) is 1. The molecule has 0 aliphatic heterocycles. The molecule has 1 amide bonds. The van der Waals surface area contributed by atoms with Crippen molar-refractivity contribution in [2.24, 2.45) is 5.92 Å². The molecule has 0 aromatic rings. The Labute approximate surface area is 94.9 Å². The fourth-order valence-corrected chi connectivity index (χ4v) is 1.55. The van der Waals surface area contributed by atoms with E-state index in [9.17, 15) is 4.79 Å². The highest BCUT2D eigenvalue weighted by Gasteiger charge is 2.17. The number of amides is 1. The number of ether oxygens (including phenoxy) is 1. The van der Waals surface area contributed by atoms with Crippen molar-refractivity contribution in [3.05, 3.63) is 0 Å². The minimum Gasteiger partial charge on any atom is -0.383 e. The minimum absolute atomic E-state index is 0.117. The molecular weight excluding hydrogens is 246 g/mol. The maximum atomic E-state index is 11.8. The van der Waals surface area contributed by atoms with Crippen LogP contribution in [0.1, 0.15) is 20.3 Å². The molecule has 1 unspecified atom stereocenters. The number of carbonyl (C=O) groups excluding carboxylic acids is 1. The summed E-state index contributed by atoms with van der Waals surface area (Å²) in [4.78, 5) is 13.7. The third-order valence-corrected chi connectivity index (χ3v) is 2.62. The second-order valence-corrected chi connectivity index (χ2v) is 4.11. The summed E-state index contributed by atoms with van der Waals surface area (Å²) in [6.45, 7) is 6.05. The molecule has 0 saturated carbocycles. The first kappa shape index (κ1) is 13.9. The first-order valence-corrected chi connectivity index (χ1v) is 6.13. The summed E-state index contributed by atoms with van der Waals surface area (Å²) >= 11 is 3.35. The van der Waals surface area contributed by atoms with E-state index in [1.54, 1.807) is 7.11 Å². The van der Waals surface area contributed by atoms with Crippen LogP contribution in [0.4, 0.5) is 0 Å². The van der Waals surface area contributed by atoms with E-state index in [-0.39, 0.29) is 11.8 Å². The van der Waals surface area contributed by atoms with Gasteiger partial charge in [-0.15, -0.1) is 0 Å². The van der Waals surface area contributed by atoms with E-state index in [1.165, 1.54) is 0 Å². The lowest BCUT2D eigenvalue weighted by atomic mass is 10.1. The monoisotopic (exact) mass is 265 g/mol. The number of carbonyl (C=O) groups is 1. The van der Waals surface area contributed by atoms with Gasteiger partial charge in [-0.2, -0.15) is 0 Å². The van der Waals surface area contributed by atoms with Gasteiger partial charge in [0.2, 0.25) is 5.91 Å². The Balaban J connectivity index is 4.10. The second kappa shape index (κ2) is 8.24. The molecule has 0 aliphatic carbocycles. The molecule has 0 aliphatic rings. The zero-order chi connectivity index (χ0) is 11.0. The Hall–Kier alpha value is -0.0900. The first-order chi connectivity index (χ1) is 6.67. The summed E-state index contributed by atoms with van der Waals surface area (Å²) in [6.07, 6.45) is 0.893. The van der Waals surface area contributed by atoms with Gasteiger partial charge in [-0.05, 0) is 6.42 Å². The van der Waals surface area contributed by atoms with Gasteiger partial charge in [0.15, 0.2) is 0 Å². The van der Waals surface area contributed by atoms with E-state index in [0.717, 1.165) is 18.3 Å². The van der Waals surface area contributed by atoms with Crippen molar-refractivity contribution in [1.82, 2.24) is 4.90 Å². The smallest absolute Gasteiger partial charge is 0.225 e. The zero-order valence-corrected chi connectivity index (χ0v) is 10.8. The van der Waals surface area contributed by atoms with Crippen LogP contribution in [0.15, 0.2) is 0 Å². The summed E-state index contributed by atoms with van der Waals surface area (Å²) in [7, 11) is 1.65. The van der Waals surface area contributed by atoms with E-state index in [1.807, 2.05) is 18.7 Å². The molecule has 4 heteroatoms. The molecule has 0 N–H and O–H groups in total. The highest BCUT2D eigenvalue weighted by atomic mass is 79.9. The van der Waals surface area contributed by atoms with Gasteiger partial charge in [0, 0.05) is 31.4 Å². The number of alkyl halides is 1. The van der Waals surface area contributed by atoms with Crippen LogP contribution >= 0.6 is 15.9 Å². The fraction of sp³-hybridized carbons (Fsp3) is 0.900. The Morgan fingerprint density at radius 1 is 1.50 bits per heavy atom. The molecule has 0 spiro atoms. The van der Waals surface area contributed by atoms with Gasteiger partial charge in [-0.3, -0.25) is 4.79 Å². The van der Waals surface area contributed by atoms with Crippen molar-refractivity contribution < 1.29 is 9.53 Å². The van der Waals surface area contributed by atoms with Crippen molar-refractivity contribution in [2.75, 3.05) is 32.1 Å². The van der Waals surface area contributed by atoms with Crippen LogP contribution in [0.5, 0.6) is 0 Å². The number of hydrogen-bond acceptors (Lipinski definition) is 2. The SMILES string of the molecule is CCC(C)C(=O)N(CCBr)CCOC. The number of methoxy groups -OCH3 is 1. The van der Waals surface area contributed by atoms with Gasteiger partial charge in [0.25, 0.3) is 0 Å². The van der Waals surface area contributed by atoms with Crippen LogP contribution < -0.4 is 0 Å². The maximum absolute atomic E-state index is 11.8. The molecule has 0 rings (SSSR count). The average molecular weight is 266 g/mol. The largest absolute Gasteiger partial charge is 0.383 e. The van der Waals surface area contributed by atoms with E-state index in [2.05, 4.69) is 15.9 Å². The van der Waals surface area contributed by atoms with Gasteiger partial charge in [0.05, 0.1) is 6.61 Å².